The van der Waals surface area contributed by atoms with Crippen LogP contribution in [0.2, 0.25) is 0 Å². The van der Waals surface area contributed by atoms with Gasteiger partial charge in [-0.05, 0) is 55.9 Å². The number of ether oxygens (including phenoxy) is 1. The molecule has 2 fully saturated rings. The molecule has 0 spiro atoms. The molecule has 2 saturated heterocycles. The summed E-state index contributed by atoms with van der Waals surface area (Å²) in [5.41, 5.74) is 2.97. The fraction of sp³-hybridized carbons (Fsp3) is 0.458. The van der Waals surface area contributed by atoms with E-state index < -0.39 is 0 Å². The maximum Gasteiger partial charge on any atom is 0.256 e. The van der Waals surface area contributed by atoms with Crippen LogP contribution in [-0.4, -0.2) is 62.4 Å². The van der Waals surface area contributed by atoms with Crippen LogP contribution < -0.4 is 5.32 Å². The van der Waals surface area contributed by atoms with Gasteiger partial charge in [0.05, 0.1) is 24.3 Å². The zero-order chi connectivity index (χ0) is 23.1. The molecule has 9 heteroatoms. The van der Waals surface area contributed by atoms with E-state index in [2.05, 4.69) is 15.4 Å². The molecule has 1 amide bonds. The minimum Gasteiger partial charge on any atom is -0.393 e. The number of carbonyl (C=O) groups excluding carboxylic acids is 1. The molecular formula is C24H28FN5O3. The third-order valence-corrected chi connectivity index (χ3v) is 6.92. The van der Waals surface area contributed by atoms with Gasteiger partial charge in [-0.25, -0.2) is 13.9 Å². The van der Waals surface area contributed by atoms with Crippen molar-refractivity contribution >= 4 is 17.2 Å². The first kappa shape index (κ1) is 21.8. The normalized spacial score (nSPS) is 23.2. The number of hydrogen-bond donors (Lipinski definition) is 2. The Morgan fingerprint density at radius 3 is 2.64 bits per heavy atom. The topological polar surface area (TPSA) is 92.0 Å². The van der Waals surface area contributed by atoms with Crippen molar-refractivity contribution in [1.29, 1.82) is 0 Å². The predicted octanol–water partition coefficient (Wildman–Crippen LogP) is 3.10. The Morgan fingerprint density at radius 2 is 1.97 bits per heavy atom. The number of amides is 1. The number of benzene rings is 1. The van der Waals surface area contributed by atoms with Crippen LogP contribution >= 0.6 is 0 Å². The maximum atomic E-state index is 13.6. The molecule has 8 nitrogen and oxygen atoms in total. The molecule has 33 heavy (non-hydrogen) atoms. The number of nitrogens with zero attached hydrogens (tertiary/aromatic N) is 4. The van der Waals surface area contributed by atoms with Gasteiger partial charge in [0.25, 0.3) is 5.91 Å². The van der Waals surface area contributed by atoms with Crippen molar-refractivity contribution in [2.24, 2.45) is 0 Å². The number of hydrogen-bond acceptors (Lipinski definition) is 6. The Labute approximate surface area is 191 Å². The number of piperidine rings is 1. The number of rotatable bonds is 6. The maximum absolute atomic E-state index is 13.6. The molecule has 4 heterocycles. The molecule has 3 aromatic rings. The highest BCUT2D eigenvalue weighted by molar-refractivity contribution is 5.99. The number of fused-ring (bicyclic) bond motifs is 3. The second-order valence-corrected chi connectivity index (χ2v) is 9.00. The molecule has 5 rings (SSSR count). The van der Waals surface area contributed by atoms with E-state index in [-0.39, 0.29) is 36.0 Å². The number of halogens is 1. The van der Waals surface area contributed by atoms with Crippen LogP contribution in [0, 0.1) is 12.7 Å². The third-order valence-electron chi connectivity index (χ3n) is 6.92. The molecular weight excluding hydrogens is 425 g/mol. The van der Waals surface area contributed by atoms with Gasteiger partial charge in [0.2, 0.25) is 0 Å². The van der Waals surface area contributed by atoms with E-state index in [0.29, 0.717) is 36.3 Å². The minimum absolute atomic E-state index is 0.0182. The first-order valence-electron chi connectivity index (χ1n) is 11.3. The first-order valence-corrected chi connectivity index (χ1v) is 11.3. The van der Waals surface area contributed by atoms with E-state index in [4.69, 9.17) is 4.74 Å². The van der Waals surface area contributed by atoms with E-state index in [0.717, 1.165) is 24.0 Å². The summed E-state index contributed by atoms with van der Waals surface area (Å²) in [4.78, 5) is 20.0. The molecule has 0 saturated carbocycles. The largest absolute Gasteiger partial charge is 0.393 e. The van der Waals surface area contributed by atoms with Crippen LogP contribution in [-0.2, 0) is 4.74 Å². The molecule has 2 aliphatic heterocycles. The van der Waals surface area contributed by atoms with Gasteiger partial charge in [0.1, 0.15) is 17.7 Å². The van der Waals surface area contributed by atoms with Crippen LogP contribution in [0.4, 0.5) is 10.2 Å². The third kappa shape index (κ3) is 3.95. The monoisotopic (exact) mass is 453 g/mol. The second kappa shape index (κ2) is 8.72. The zero-order valence-electron chi connectivity index (χ0n) is 18.7. The number of nitrogens with one attached hydrogen (secondary N) is 1. The molecule has 2 N–H and O–H groups in total. The van der Waals surface area contributed by atoms with E-state index >= 15 is 0 Å². The van der Waals surface area contributed by atoms with Gasteiger partial charge in [0.15, 0.2) is 5.82 Å². The quantitative estimate of drug-likeness (QED) is 0.596. The van der Waals surface area contributed by atoms with Gasteiger partial charge in [-0.3, -0.25) is 4.79 Å². The Hall–Kier alpha value is -3.04. The standard InChI is InChI=1S/C24H28FN5O3/c1-14-20(24(32)30-17-7-8-18(30)10-19(31)9-17)11-29-22(14)23(26-13-27-29)28-21(12-33-2)15-3-5-16(25)6-4-15/h3-6,11,13,17-19,21,31H,7-10,12H2,1-2H3,(H,26,27,28)/t17-,18?,19?,21-/m1/s1. The van der Waals surface area contributed by atoms with Crippen LogP contribution in [0.15, 0.2) is 36.8 Å². The highest BCUT2D eigenvalue weighted by Crippen LogP contribution is 2.38. The van der Waals surface area contributed by atoms with E-state index in [1.54, 1.807) is 30.0 Å². The summed E-state index contributed by atoms with van der Waals surface area (Å²) < 4.78 is 20.5. The summed E-state index contributed by atoms with van der Waals surface area (Å²) >= 11 is 0. The molecule has 0 aliphatic carbocycles. The summed E-state index contributed by atoms with van der Waals surface area (Å²) in [6.45, 7) is 2.26. The number of aliphatic hydroxyl groups excluding tert-OH is 1. The van der Waals surface area contributed by atoms with Crippen molar-refractivity contribution in [3.05, 3.63) is 59.3 Å². The second-order valence-electron chi connectivity index (χ2n) is 9.00. The number of carbonyl (C=O) groups is 1. The summed E-state index contributed by atoms with van der Waals surface area (Å²) in [7, 11) is 1.61. The number of methoxy groups -OCH3 is 1. The fourth-order valence-corrected chi connectivity index (χ4v) is 5.35. The molecule has 4 atom stereocenters. The number of aliphatic hydroxyl groups is 1. The lowest BCUT2D eigenvalue weighted by atomic mass is 9.98. The van der Waals surface area contributed by atoms with Crippen LogP contribution in [0.3, 0.4) is 0 Å². The van der Waals surface area contributed by atoms with Gasteiger partial charge in [0, 0.05) is 25.4 Å². The van der Waals surface area contributed by atoms with Crippen molar-refractivity contribution < 1.29 is 19.0 Å². The summed E-state index contributed by atoms with van der Waals surface area (Å²) in [5, 5.41) is 17.8. The lowest BCUT2D eigenvalue weighted by molar-refractivity contribution is 0.0286. The van der Waals surface area contributed by atoms with Crippen LogP contribution in [0.1, 0.15) is 53.2 Å². The Morgan fingerprint density at radius 1 is 1.27 bits per heavy atom. The molecule has 2 unspecified atom stereocenters. The first-order chi connectivity index (χ1) is 16.0. The van der Waals surface area contributed by atoms with Gasteiger partial charge in [-0.1, -0.05) is 12.1 Å². The summed E-state index contributed by atoms with van der Waals surface area (Å²) in [5.74, 6) is 0.254. The SMILES string of the molecule is COC[C@@H](Nc1ncnn2cc(C(=O)N3C4CC[C@@H]3CC(O)C4)c(C)c12)c1ccc(F)cc1. The van der Waals surface area contributed by atoms with Gasteiger partial charge < -0.3 is 20.1 Å². The predicted molar refractivity (Wildman–Crippen MR) is 121 cm³/mol. The highest BCUT2D eigenvalue weighted by atomic mass is 19.1. The average molecular weight is 454 g/mol. The Balaban J connectivity index is 1.48. The summed E-state index contributed by atoms with van der Waals surface area (Å²) in [6, 6.07) is 6.16. The Kier molecular flexibility index (Phi) is 5.76. The van der Waals surface area contributed by atoms with Crippen molar-refractivity contribution in [3.8, 4) is 0 Å². The lowest BCUT2D eigenvalue weighted by Crippen LogP contribution is -2.48. The van der Waals surface area contributed by atoms with Crippen LogP contribution in [0.25, 0.3) is 5.52 Å². The fourth-order valence-electron chi connectivity index (χ4n) is 5.35. The van der Waals surface area contributed by atoms with Gasteiger partial charge >= 0.3 is 0 Å². The molecule has 0 radical (unpaired) electrons. The van der Waals surface area contributed by atoms with Crippen molar-refractivity contribution in [3.63, 3.8) is 0 Å². The lowest BCUT2D eigenvalue weighted by Gasteiger charge is -2.37. The molecule has 174 valence electrons. The minimum atomic E-state index is -0.327. The molecule has 2 bridgehead atoms. The van der Waals surface area contributed by atoms with Crippen molar-refractivity contribution in [2.45, 2.75) is 56.8 Å². The number of aryl methyl sites for hydroxylation is 1. The smallest absolute Gasteiger partial charge is 0.256 e. The van der Waals surface area contributed by atoms with Crippen LogP contribution in [0.5, 0.6) is 0 Å². The molecule has 2 aromatic heterocycles. The Bertz CT molecular complexity index is 1150. The van der Waals surface area contributed by atoms with Gasteiger partial charge in [-0.15, -0.1) is 0 Å². The van der Waals surface area contributed by atoms with E-state index in [9.17, 15) is 14.3 Å². The van der Waals surface area contributed by atoms with E-state index in [1.807, 2.05) is 11.8 Å². The van der Waals surface area contributed by atoms with E-state index in [1.165, 1.54) is 18.5 Å². The average Bonchev–Trinajstić information content (AvgIpc) is 3.28. The number of anilines is 1. The number of aromatic nitrogens is 3. The van der Waals surface area contributed by atoms with Gasteiger partial charge in [-0.2, -0.15) is 5.10 Å². The summed E-state index contributed by atoms with van der Waals surface area (Å²) in [6.07, 6.45) is 6.01. The van der Waals surface area contributed by atoms with Crippen molar-refractivity contribution in [1.82, 2.24) is 19.5 Å². The highest BCUT2D eigenvalue weighted by Gasteiger charge is 2.43. The zero-order valence-corrected chi connectivity index (χ0v) is 18.7. The molecule has 2 aliphatic rings. The van der Waals surface area contributed by atoms with Crippen molar-refractivity contribution in [2.75, 3.05) is 19.0 Å². The molecule has 1 aromatic carbocycles.